The molecule has 0 spiro atoms. The zero-order chi connectivity index (χ0) is 13.7. The molecule has 0 aliphatic rings. The summed E-state index contributed by atoms with van der Waals surface area (Å²) in [5, 5.41) is 21.4. The maximum atomic E-state index is 13.3. The Kier molecular flexibility index (Phi) is 5.09. The van der Waals surface area contributed by atoms with Crippen molar-refractivity contribution in [2.24, 2.45) is 5.92 Å². The van der Waals surface area contributed by atoms with Crippen molar-refractivity contribution in [1.29, 1.82) is 0 Å². The van der Waals surface area contributed by atoms with E-state index in [1.54, 1.807) is 0 Å². The van der Waals surface area contributed by atoms with E-state index in [1.165, 1.54) is 12.1 Å². The lowest BCUT2D eigenvalue weighted by molar-refractivity contribution is 0.0914. The molecule has 100 valence electrons. The number of aliphatic hydroxyl groups excluding tert-OH is 1. The molecular formula is C13H18FNO3. The van der Waals surface area contributed by atoms with Crippen LogP contribution in [0.3, 0.4) is 0 Å². The number of phenols is 1. The summed E-state index contributed by atoms with van der Waals surface area (Å²) >= 11 is 0. The van der Waals surface area contributed by atoms with E-state index < -0.39 is 23.6 Å². The lowest BCUT2D eigenvalue weighted by Crippen LogP contribution is -2.29. The second-order valence-corrected chi connectivity index (χ2v) is 4.49. The first-order chi connectivity index (χ1) is 8.43. The molecule has 0 radical (unpaired) electrons. The molecule has 1 atom stereocenters. The Labute approximate surface area is 105 Å². The fraction of sp³-hybridized carbons (Fsp3) is 0.462. The van der Waals surface area contributed by atoms with Crippen LogP contribution in [0.25, 0.3) is 0 Å². The van der Waals surface area contributed by atoms with Crippen molar-refractivity contribution >= 4 is 5.91 Å². The van der Waals surface area contributed by atoms with Gasteiger partial charge in [-0.15, -0.1) is 0 Å². The number of hydrogen-bond acceptors (Lipinski definition) is 3. The number of hydrogen-bond donors (Lipinski definition) is 3. The first-order valence-corrected chi connectivity index (χ1v) is 5.87. The van der Waals surface area contributed by atoms with Crippen LogP contribution >= 0.6 is 0 Å². The molecule has 18 heavy (non-hydrogen) atoms. The Bertz CT molecular complexity index is 400. The van der Waals surface area contributed by atoms with E-state index in [0.29, 0.717) is 6.42 Å². The van der Waals surface area contributed by atoms with Crippen LogP contribution in [0.5, 0.6) is 5.75 Å². The van der Waals surface area contributed by atoms with E-state index in [4.69, 9.17) is 0 Å². The molecule has 5 heteroatoms. The lowest BCUT2D eigenvalue weighted by Gasteiger charge is -2.14. The normalized spacial score (nSPS) is 12.5. The standard InChI is InChI=1S/C13H18FNO3/c1-8(2)10(16)6-7-15-13(18)12-9(14)4-3-5-11(12)17/h3-5,8,10,16-17H,6-7H2,1-2H3,(H,15,18)/t10-/m1/s1. The molecule has 0 unspecified atom stereocenters. The third-order valence-corrected chi connectivity index (χ3v) is 2.71. The SMILES string of the molecule is CC(C)[C@H](O)CCNC(=O)c1c(O)cccc1F. The van der Waals surface area contributed by atoms with E-state index in [2.05, 4.69) is 5.32 Å². The summed E-state index contributed by atoms with van der Waals surface area (Å²) in [6, 6.07) is 3.68. The summed E-state index contributed by atoms with van der Waals surface area (Å²) in [5.41, 5.74) is -0.364. The first-order valence-electron chi connectivity index (χ1n) is 5.87. The van der Waals surface area contributed by atoms with Gasteiger partial charge in [0.25, 0.3) is 5.91 Å². The van der Waals surface area contributed by atoms with Gasteiger partial charge >= 0.3 is 0 Å². The van der Waals surface area contributed by atoms with Gasteiger partial charge in [0.2, 0.25) is 0 Å². The van der Waals surface area contributed by atoms with Crippen molar-refractivity contribution < 1.29 is 19.4 Å². The molecule has 0 aliphatic heterocycles. The van der Waals surface area contributed by atoms with Crippen LogP contribution in [-0.2, 0) is 0 Å². The predicted molar refractivity (Wildman–Crippen MR) is 65.9 cm³/mol. The van der Waals surface area contributed by atoms with E-state index in [0.717, 1.165) is 6.07 Å². The number of halogens is 1. The van der Waals surface area contributed by atoms with Crippen molar-refractivity contribution in [2.75, 3.05) is 6.54 Å². The van der Waals surface area contributed by atoms with Gasteiger partial charge in [0, 0.05) is 6.54 Å². The topological polar surface area (TPSA) is 69.6 Å². The molecule has 0 saturated carbocycles. The minimum atomic E-state index is -0.767. The number of carbonyl (C=O) groups is 1. The minimum Gasteiger partial charge on any atom is -0.507 e. The van der Waals surface area contributed by atoms with Crippen molar-refractivity contribution in [3.8, 4) is 5.75 Å². The Balaban J connectivity index is 2.56. The average Bonchev–Trinajstić information content (AvgIpc) is 2.28. The molecule has 1 rings (SSSR count). The van der Waals surface area contributed by atoms with Gasteiger partial charge in [-0.2, -0.15) is 0 Å². The smallest absolute Gasteiger partial charge is 0.258 e. The molecule has 1 aromatic carbocycles. The summed E-state index contributed by atoms with van der Waals surface area (Å²) in [6.07, 6.45) is -0.127. The quantitative estimate of drug-likeness (QED) is 0.749. The maximum absolute atomic E-state index is 13.3. The van der Waals surface area contributed by atoms with Crippen LogP contribution in [0.4, 0.5) is 4.39 Å². The van der Waals surface area contributed by atoms with E-state index in [1.807, 2.05) is 13.8 Å². The largest absolute Gasteiger partial charge is 0.507 e. The Morgan fingerprint density at radius 3 is 2.67 bits per heavy atom. The van der Waals surface area contributed by atoms with E-state index in [9.17, 15) is 19.4 Å². The van der Waals surface area contributed by atoms with Crippen molar-refractivity contribution in [2.45, 2.75) is 26.4 Å². The Hall–Kier alpha value is -1.62. The number of amides is 1. The van der Waals surface area contributed by atoms with Crippen LogP contribution < -0.4 is 5.32 Å². The number of carbonyl (C=O) groups excluding carboxylic acids is 1. The predicted octanol–water partition coefficient (Wildman–Crippen LogP) is 1.67. The maximum Gasteiger partial charge on any atom is 0.258 e. The van der Waals surface area contributed by atoms with E-state index in [-0.39, 0.29) is 18.0 Å². The van der Waals surface area contributed by atoms with Gasteiger partial charge in [-0.05, 0) is 24.5 Å². The van der Waals surface area contributed by atoms with Crippen LogP contribution in [0.2, 0.25) is 0 Å². The highest BCUT2D eigenvalue weighted by Gasteiger charge is 2.16. The summed E-state index contributed by atoms with van der Waals surface area (Å²) in [5.74, 6) is -1.74. The zero-order valence-electron chi connectivity index (χ0n) is 10.5. The summed E-state index contributed by atoms with van der Waals surface area (Å²) in [4.78, 5) is 11.6. The zero-order valence-corrected chi connectivity index (χ0v) is 10.5. The highest BCUT2D eigenvalue weighted by atomic mass is 19.1. The van der Waals surface area contributed by atoms with Crippen molar-refractivity contribution in [1.82, 2.24) is 5.32 Å². The molecule has 0 aromatic heterocycles. The molecule has 0 bridgehead atoms. The van der Waals surface area contributed by atoms with Gasteiger partial charge in [0.15, 0.2) is 0 Å². The summed E-state index contributed by atoms with van der Waals surface area (Å²) < 4.78 is 13.3. The molecule has 0 aliphatic carbocycles. The van der Waals surface area contributed by atoms with Crippen LogP contribution in [-0.4, -0.2) is 28.8 Å². The van der Waals surface area contributed by atoms with Crippen LogP contribution in [0, 0.1) is 11.7 Å². The van der Waals surface area contributed by atoms with Crippen LogP contribution in [0.1, 0.15) is 30.6 Å². The monoisotopic (exact) mass is 255 g/mol. The fourth-order valence-electron chi connectivity index (χ4n) is 1.49. The average molecular weight is 255 g/mol. The van der Waals surface area contributed by atoms with E-state index >= 15 is 0 Å². The molecule has 0 fully saturated rings. The molecule has 1 amide bonds. The number of aromatic hydroxyl groups is 1. The molecule has 4 nitrogen and oxygen atoms in total. The number of nitrogens with one attached hydrogen (secondary N) is 1. The highest BCUT2D eigenvalue weighted by Crippen LogP contribution is 2.19. The van der Waals surface area contributed by atoms with Crippen molar-refractivity contribution in [3.63, 3.8) is 0 Å². The fourth-order valence-corrected chi connectivity index (χ4v) is 1.49. The Morgan fingerprint density at radius 2 is 2.11 bits per heavy atom. The minimum absolute atomic E-state index is 0.101. The van der Waals surface area contributed by atoms with Crippen LogP contribution in [0.15, 0.2) is 18.2 Å². The van der Waals surface area contributed by atoms with Gasteiger partial charge in [0.05, 0.1) is 6.10 Å². The second kappa shape index (κ2) is 6.35. The van der Waals surface area contributed by atoms with Gasteiger partial charge in [-0.1, -0.05) is 19.9 Å². The molecule has 1 aromatic rings. The summed E-state index contributed by atoms with van der Waals surface area (Å²) in [7, 11) is 0. The highest BCUT2D eigenvalue weighted by molar-refractivity contribution is 5.97. The first kappa shape index (κ1) is 14.4. The van der Waals surface area contributed by atoms with Gasteiger partial charge in [0.1, 0.15) is 17.1 Å². The number of rotatable bonds is 5. The van der Waals surface area contributed by atoms with Gasteiger partial charge in [-0.25, -0.2) is 4.39 Å². The Morgan fingerprint density at radius 1 is 1.44 bits per heavy atom. The number of aliphatic hydroxyl groups is 1. The second-order valence-electron chi connectivity index (χ2n) is 4.49. The third-order valence-electron chi connectivity index (χ3n) is 2.71. The number of phenolic OH excluding ortho intramolecular Hbond substituents is 1. The van der Waals surface area contributed by atoms with Gasteiger partial charge < -0.3 is 15.5 Å². The third kappa shape index (κ3) is 3.70. The molecular weight excluding hydrogens is 237 g/mol. The van der Waals surface area contributed by atoms with Gasteiger partial charge in [-0.3, -0.25) is 4.79 Å². The lowest BCUT2D eigenvalue weighted by atomic mass is 10.0. The number of benzene rings is 1. The summed E-state index contributed by atoms with van der Waals surface area (Å²) in [6.45, 7) is 3.97. The molecule has 0 heterocycles. The molecule has 3 N–H and O–H groups in total. The van der Waals surface area contributed by atoms with Crippen molar-refractivity contribution in [3.05, 3.63) is 29.6 Å². The molecule has 0 saturated heterocycles.